The fourth-order valence-corrected chi connectivity index (χ4v) is 4.21. The SMILES string of the molecule is Cn1c(-c2cc(-c3ccnc(-c4nc5ccccc5n4C)c3)ccn2)nc2ccccc21. The molecule has 0 aliphatic heterocycles. The molecule has 6 rings (SSSR count). The molecule has 0 atom stereocenters. The summed E-state index contributed by atoms with van der Waals surface area (Å²) >= 11 is 0. The molecular formula is C26H20N6. The average Bonchev–Trinajstić information content (AvgIpc) is 3.37. The van der Waals surface area contributed by atoms with Crippen molar-refractivity contribution >= 4 is 22.1 Å². The summed E-state index contributed by atoms with van der Waals surface area (Å²) in [4.78, 5) is 18.8. The van der Waals surface area contributed by atoms with Gasteiger partial charge in [0.2, 0.25) is 0 Å². The molecule has 0 spiro atoms. The molecule has 0 bridgehead atoms. The van der Waals surface area contributed by atoms with E-state index in [4.69, 9.17) is 9.97 Å². The number of benzene rings is 2. The largest absolute Gasteiger partial charge is 0.326 e. The third kappa shape index (κ3) is 2.88. The van der Waals surface area contributed by atoms with Crippen LogP contribution < -0.4 is 0 Å². The summed E-state index contributed by atoms with van der Waals surface area (Å²) in [5, 5.41) is 0. The van der Waals surface area contributed by atoms with Gasteiger partial charge >= 0.3 is 0 Å². The molecule has 4 heterocycles. The maximum Gasteiger partial charge on any atom is 0.159 e. The normalized spacial score (nSPS) is 11.4. The Bertz CT molecular complexity index is 1490. The van der Waals surface area contributed by atoms with Crippen LogP contribution in [0.4, 0.5) is 0 Å². The highest BCUT2D eigenvalue weighted by atomic mass is 15.1. The maximum absolute atomic E-state index is 4.79. The topological polar surface area (TPSA) is 61.4 Å². The van der Waals surface area contributed by atoms with Crippen molar-refractivity contribution in [3.8, 4) is 34.2 Å². The van der Waals surface area contributed by atoms with E-state index in [1.54, 1.807) is 0 Å². The summed E-state index contributed by atoms with van der Waals surface area (Å²) in [5.74, 6) is 1.69. The lowest BCUT2D eigenvalue weighted by molar-refractivity contribution is 0.950. The van der Waals surface area contributed by atoms with Crippen LogP contribution in [0.25, 0.3) is 56.2 Å². The Morgan fingerprint density at radius 2 is 1.00 bits per heavy atom. The molecular weight excluding hydrogens is 396 g/mol. The van der Waals surface area contributed by atoms with Gasteiger partial charge in [-0.15, -0.1) is 0 Å². The Balaban J connectivity index is 1.44. The van der Waals surface area contributed by atoms with Crippen LogP contribution in [0, 0.1) is 0 Å². The Morgan fingerprint density at radius 3 is 1.44 bits per heavy atom. The highest BCUT2D eigenvalue weighted by molar-refractivity contribution is 5.82. The summed E-state index contributed by atoms with van der Waals surface area (Å²) < 4.78 is 4.16. The maximum atomic E-state index is 4.79. The molecule has 0 N–H and O–H groups in total. The Hall–Kier alpha value is -4.32. The first-order chi connectivity index (χ1) is 15.7. The van der Waals surface area contributed by atoms with Crippen LogP contribution in [0.3, 0.4) is 0 Å². The van der Waals surface area contributed by atoms with E-state index < -0.39 is 0 Å². The number of imidazole rings is 2. The predicted molar refractivity (Wildman–Crippen MR) is 127 cm³/mol. The van der Waals surface area contributed by atoms with Crippen molar-refractivity contribution in [3.63, 3.8) is 0 Å². The number of aromatic nitrogens is 6. The monoisotopic (exact) mass is 416 g/mol. The number of pyridine rings is 2. The average molecular weight is 416 g/mol. The lowest BCUT2D eigenvalue weighted by atomic mass is 10.1. The van der Waals surface area contributed by atoms with Gasteiger partial charge in [0.1, 0.15) is 11.4 Å². The number of rotatable bonds is 3. The van der Waals surface area contributed by atoms with Crippen LogP contribution in [-0.4, -0.2) is 29.1 Å². The zero-order chi connectivity index (χ0) is 21.7. The molecule has 0 aliphatic rings. The van der Waals surface area contributed by atoms with Crippen LogP contribution in [0.1, 0.15) is 0 Å². The second-order valence-electron chi connectivity index (χ2n) is 7.83. The minimum atomic E-state index is 0.835. The van der Waals surface area contributed by atoms with E-state index in [1.165, 1.54) is 0 Å². The van der Waals surface area contributed by atoms with Crippen molar-refractivity contribution in [1.29, 1.82) is 0 Å². The van der Waals surface area contributed by atoms with Crippen molar-refractivity contribution in [1.82, 2.24) is 29.1 Å². The van der Waals surface area contributed by atoms with E-state index in [2.05, 4.69) is 43.4 Å². The summed E-state index contributed by atoms with van der Waals surface area (Å²) in [5.41, 5.74) is 7.89. The van der Waals surface area contributed by atoms with Crippen LogP contribution in [0.15, 0.2) is 85.2 Å². The summed E-state index contributed by atoms with van der Waals surface area (Å²) in [6.07, 6.45) is 3.67. The summed E-state index contributed by atoms with van der Waals surface area (Å²) in [6, 6.07) is 24.4. The molecule has 0 amide bonds. The van der Waals surface area contributed by atoms with E-state index in [9.17, 15) is 0 Å². The highest BCUT2D eigenvalue weighted by Crippen LogP contribution is 2.29. The standard InChI is InChI=1S/C26H20N6/c1-31-23-9-5-3-7-19(23)29-25(31)21-15-17(11-13-27-21)18-12-14-28-22(16-18)26-30-20-8-4-6-10-24(20)32(26)2/h3-16H,1-2H3. The molecule has 4 aromatic heterocycles. The fraction of sp³-hybridized carbons (Fsp3) is 0.0769. The number of para-hydroxylation sites is 4. The lowest BCUT2D eigenvalue weighted by Gasteiger charge is -2.07. The fourth-order valence-electron chi connectivity index (χ4n) is 4.21. The zero-order valence-corrected chi connectivity index (χ0v) is 17.8. The summed E-state index contributed by atoms with van der Waals surface area (Å²) in [6.45, 7) is 0. The van der Waals surface area contributed by atoms with Crippen molar-refractivity contribution in [2.75, 3.05) is 0 Å². The molecule has 2 aromatic carbocycles. The van der Waals surface area contributed by atoms with Crippen molar-refractivity contribution < 1.29 is 0 Å². The first kappa shape index (κ1) is 18.4. The Labute approximate surface area is 184 Å². The van der Waals surface area contributed by atoms with E-state index in [0.29, 0.717) is 0 Å². The van der Waals surface area contributed by atoms with Crippen LogP contribution in [-0.2, 0) is 14.1 Å². The van der Waals surface area contributed by atoms with Gasteiger partial charge in [-0.3, -0.25) is 9.97 Å². The minimum Gasteiger partial charge on any atom is -0.326 e. The van der Waals surface area contributed by atoms with Crippen molar-refractivity contribution in [2.24, 2.45) is 14.1 Å². The van der Waals surface area contributed by atoms with Crippen molar-refractivity contribution in [3.05, 3.63) is 85.2 Å². The van der Waals surface area contributed by atoms with Crippen LogP contribution in [0.5, 0.6) is 0 Å². The molecule has 6 aromatic rings. The van der Waals surface area contributed by atoms with E-state index in [-0.39, 0.29) is 0 Å². The lowest BCUT2D eigenvalue weighted by Crippen LogP contribution is -1.96. The first-order valence-corrected chi connectivity index (χ1v) is 10.5. The second-order valence-corrected chi connectivity index (χ2v) is 7.83. The molecule has 154 valence electrons. The first-order valence-electron chi connectivity index (χ1n) is 10.5. The molecule has 0 saturated carbocycles. The highest BCUT2D eigenvalue weighted by Gasteiger charge is 2.14. The van der Waals surface area contributed by atoms with E-state index in [0.717, 1.165) is 56.2 Å². The van der Waals surface area contributed by atoms with E-state index in [1.807, 2.05) is 75.0 Å². The third-order valence-corrected chi connectivity index (χ3v) is 5.89. The quantitative estimate of drug-likeness (QED) is 0.395. The van der Waals surface area contributed by atoms with Gasteiger partial charge in [-0.05, 0) is 59.7 Å². The minimum absolute atomic E-state index is 0.835. The van der Waals surface area contributed by atoms with Crippen LogP contribution >= 0.6 is 0 Å². The molecule has 6 heteroatoms. The van der Waals surface area contributed by atoms with Gasteiger partial charge < -0.3 is 9.13 Å². The molecule has 32 heavy (non-hydrogen) atoms. The number of fused-ring (bicyclic) bond motifs is 2. The van der Waals surface area contributed by atoms with Gasteiger partial charge in [0.15, 0.2) is 11.6 Å². The van der Waals surface area contributed by atoms with Crippen molar-refractivity contribution in [2.45, 2.75) is 0 Å². The molecule has 0 unspecified atom stereocenters. The van der Waals surface area contributed by atoms with Gasteiger partial charge in [0.25, 0.3) is 0 Å². The Kier molecular flexibility index (Phi) is 4.11. The van der Waals surface area contributed by atoms with Gasteiger partial charge in [-0.25, -0.2) is 9.97 Å². The zero-order valence-electron chi connectivity index (χ0n) is 17.8. The van der Waals surface area contributed by atoms with Gasteiger partial charge in [0, 0.05) is 26.5 Å². The number of nitrogens with zero attached hydrogens (tertiary/aromatic N) is 6. The summed E-state index contributed by atoms with van der Waals surface area (Å²) in [7, 11) is 4.05. The van der Waals surface area contributed by atoms with Gasteiger partial charge in [-0.1, -0.05) is 24.3 Å². The predicted octanol–water partition coefficient (Wildman–Crippen LogP) is 5.25. The molecule has 0 fully saturated rings. The molecule has 0 radical (unpaired) electrons. The molecule has 6 nitrogen and oxygen atoms in total. The third-order valence-electron chi connectivity index (χ3n) is 5.89. The molecule has 0 saturated heterocycles. The molecule has 0 aliphatic carbocycles. The number of hydrogen-bond donors (Lipinski definition) is 0. The second kappa shape index (κ2) is 7.13. The number of hydrogen-bond acceptors (Lipinski definition) is 4. The Morgan fingerprint density at radius 1 is 0.562 bits per heavy atom. The van der Waals surface area contributed by atoms with Gasteiger partial charge in [-0.2, -0.15) is 0 Å². The smallest absolute Gasteiger partial charge is 0.159 e. The van der Waals surface area contributed by atoms with Crippen LogP contribution in [0.2, 0.25) is 0 Å². The van der Waals surface area contributed by atoms with E-state index >= 15 is 0 Å². The number of aryl methyl sites for hydroxylation is 2. The van der Waals surface area contributed by atoms with Gasteiger partial charge in [0.05, 0.1) is 22.1 Å².